The summed E-state index contributed by atoms with van der Waals surface area (Å²) in [5.74, 6) is -1.90. The van der Waals surface area contributed by atoms with Gasteiger partial charge in [0.2, 0.25) is 0 Å². The maximum atomic E-state index is 12.8. The highest BCUT2D eigenvalue weighted by atomic mass is 19.1. The van der Waals surface area contributed by atoms with Gasteiger partial charge in [0.25, 0.3) is 11.8 Å². The molecule has 0 saturated carbocycles. The standard InChI is InChI=1S/C14H11FN2O3/c1-2-7-17-13(19)11(12(18)16-14(17)20)8-9-3-5-10(15)6-4-9/h2-6,8H,1,7H2,(H,16,18,20)/b11-8+. The van der Waals surface area contributed by atoms with Crippen LogP contribution in [0.15, 0.2) is 42.5 Å². The van der Waals surface area contributed by atoms with Gasteiger partial charge in [0.1, 0.15) is 11.4 Å². The molecule has 1 aromatic carbocycles. The minimum absolute atomic E-state index is 0.00129. The number of hydrogen-bond acceptors (Lipinski definition) is 3. The molecule has 0 spiro atoms. The van der Waals surface area contributed by atoms with Crippen molar-refractivity contribution >= 4 is 23.9 Å². The number of carbonyl (C=O) groups excluding carboxylic acids is 3. The van der Waals surface area contributed by atoms with Crippen molar-refractivity contribution in [3.8, 4) is 0 Å². The van der Waals surface area contributed by atoms with Crippen molar-refractivity contribution in [2.75, 3.05) is 6.54 Å². The third-order valence-electron chi connectivity index (χ3n) is 2.68. The summed E-state index contributed by atoms with van der Waals surface area (Å²) in [5.41, 5.74) is 0.302. The lowest BCUT2D eigenvalue weighted by atomic mass is 10.1. The summed E-state index contributed by atoms with van der Waals surface area (Å²) in [6.07, 6.45) is 2.68. The molecule has 0 aromatic heterocycles. The van der Waals surface area contributed by atoms with Gasteiger partial charge in [0, 0.05) is 6.54 Å². The number of benzene rings is 1. The first-order valence-corrected chi connectivity index (χ1v) is 5.78. The maximum absolute atomic E-state index is 12.8. The molecule has 1 saturated heterocycles. The van der Waals surface area contributed by atoms with Crippen LogP contribution in [0.25, 0.3) is 6.08 Å². The van der Waals surface area contributed by atoms with Gasteiger partial charge < -0.3 is 0 Å². The number of halogens is 1. The van der Waals surface area contributed by atoms with Crippen LogP contribution in [0.3, 0.4) is 0 Å². The molecule has 0 atom stereocenters. The minimum Gasteiger partial charge on any atom is -0.273 e. The minimum atomic E-state index is -0.781. The second kappa shape index (κ2) is 5.48. The van der Waals surface area contributed by atoms with E-state index in [2.05, 4.69) is 11.9 Å². The molecule has 20 heavy (non-hydrogen) atoms. The summed E-state index contributed by atoms with van der Waals surface area (Å²) < 4.78 is 12.8. The molecule has 0 unspecified atom stereocenters. The lowest BCUT2D eigenvalue weighted by Crippen LogP contribution is -2.54. The molecule has 1 aliphatic heterocycles. The zero-order chi connectivity index (χ0) is 14.7. The van der Waals surface area contributed by atoms with Crippen molar-refractivity contribution in [3.05, 3.63) is 53.9 Å². The fourth-order valence-electron chi connectivity index (χ4n) is 1.71. The van der Waals surface area contributed by atoms with Gasteiger partial charge >= 0.3 is 6.03 Å². The van der Waals surface area contributed by atoms with E-state index >= 15 is 0 Å². The second-order valence-electron chi connectivity index (χ2n) is 4.07. The molecule has 1 aromatic rings. The quantitative estimate of drug-likeness (QED) is 0.515. The van der Waals surface area contributed by atoms with Crippen molar-refractivity contribution < 1.29 is 18.8 Å². The Morgan fingerprint density at radius 2 is 1.85 bits per heavy atom. The zero-order valence-electron chi connectivity index (χ0n) is 10.4. The predicted molar refractivity (Wildman–Crippen MR) is 69.8 cm³/mol. The van der Waals surface area contributed by atoms with E-state index in [1.807, 2.05) is 0 Å². The Kier molecular flexibility index (Phi) is 3.74. The van der Waals surface area contributed by atoms with Crippen LogP contribution in [0, 0.1) is 5.82 Å². The van der Waals surface area contributed by atoms with Crippen molar-refractivity contribution in [1.29, 1.82) is 0 Å². The largest absolute Gasteiger partial charge is 0.331 e. The fraction of sp³-hybridized carbons (Fsp3) is 0.0714. The van der Waals surface area contributed by atoms with Gasteiger partial charge in [0.15, 0.2) is 0 Å². The van der Waals surface area contributed by atoms with Gasteiger partial charge in [-0.3, -0.25) is 19.8 Å². The first-order valence-electron chi connectivity index (χ1n) is 5.78. The van der Waals surface area contributed by atoms with Crippen LogP contribution in [-0.4, -0.2) is 29.3 Å². The molecule has 1 N–H and O–H groups in total. The number of amides is 4. The molecule has 5 nitrogen and oxygen atoms in total. The first-order chi connectivity index (χ1) is 9.52. The lowest BCUT2D eigenvalue weighted by Gasteiger charge is -2.25. The van der Waals surface area contributed by atoms with E-state index in [-0.39, 0.29) is 12.1 Å². The van der Waals surface area contributed by atoms with Crippen LogP contribution in [-0.2, 0) is 9.59 Å². The monoisotopic (exact) mass is 274 g/mol. The molecule has 0 radical (unpaired) electrons. The average molecular weight is 274 g/mol. The van der Waals surface area contributed by atoms with Crippen LogP contribution in [0.1, 0.15) is 5.56 Å². The normalized spacial score (nSPS) is 17.4. The fourth-order valence-corrected chi connectivity index (χ4v) is 1.71. The summed E-state index contributed by atoms with van der Waals surface area (Å²) in [4.78, 5) is 36.1. The smallest absolute Gasteiger partial charge is 0.273 e. The number of carbonyl (C=O) groups is 3. The predicted octanol–water partition coefficient (Wildman–Crippen LogP) is 1.47. The number of nitrogens with one attached hydrogen (secondary N) is 1. The summed E-state index contributed by atoms with van der Waals surface area (Å²) in [6.45, 7) is 3.44. The van der Waals surface area contributed by atoms with E-state index in [1.54, 1.807) is 0 Å². The maximum Gasteiger partial charge on any atom is 0.331 e. The van der Waals surface area contributed by atoms with Crippen LogP contribution in [0.5, 0.6) is 0 Å². The van der Waals surface area contributed by atoms with E-state index in [9.17, 15) is 18.8 Å². The van der Waals surface area contributed by atoms with Gasteiger partial charge in [-0.05, 0) is 23.8 Å². The molecular weight excluding hydrogens is 263 g/mol. The third kappa shape index (κ3) is 2.64. The lowest BCUT2D eigenvalue weighted by molar-refractivity contribution is -0.129. The van der Waals surface area contributed by atoms with Crippen molar-refractivity contribution in [2.45, 2.75) is 0 Å². The highest BCUT2D eigenvalue weighted by Crippen LogP contribution is 2.14. The Balaban J connectivity index is 2.36. The molecular formula is C14H11FN2O3. The molecule has 0 aliphatic carbocycles. The van der Waals surface area contributed by atoms with Crippen LogP contribution < -0.4 is 5.32 Å². The Morgan fingerprint density at radius 1 is 1.20 bits per heavy atom. The van der Waals surface area contributed by atoms with Gasteiger partial charge in [-0.2, -0.15) is 0 Å². The SMILES string of the molecule is C=CCN1C(=O)NC(=O)/C(=C\c2ccc(F)cc2)C1=O. The molecule has 102 valence electrons. The Bertz CT molecular complexity index is 620. The molecule has 1 aliphatic rings. The number of rotatable bonds is 3. The highest BCUT2D eigenvalue weighted by molar-refractivity contribution is 6.31. The van der Waals surface area contributed by atoms with E-state index in [1.165, 1.54) is 36.4 Å². The molecule has 1 heterocycles. The first kappa shape index (κ1) is 13.7. The van der Waals surface area contributed by atoms with Gasteiger partial charge in [-0.25, -0.2) is 9.18 Å². The van der Waals surface area contributed by atoms with E-state index in [0.717, 1.165) is 4.90 Å². The van der Waals surface area contributed by atoms with Crippen LogP contribution in [0.2, 0.25) is 0 Å². The van der Waals surface area contributed by atoms with Crippen LogP contribution in [0.4, 0.5) is 9.18 Å². The average Bonchev–Trinajstić information content (AvgIpc) is 2.41. The summed E-state index contributed by atoms with van der Waals surface area (Å²) in [7, 11) is 0. The molecule has 6 heteroatoms. The third-order valence-corrected chi connectivity index (χ3v) is 2.68. The van der Waals surface area contributed by atoms with Crippen molar-refractivity contribution in [3.63, 3.8) is 0 Å². The zero-order valence-corrected chi connectivity index (χ0v) is 10.4. The number of hydrogen-bond donors (Lipinski definition) is 1. The molecule has 1 fully saturated rings. The van der Waals surface area contributed by atoms with Gasteiger partial charge in [-0.1, -0.05) is 18.2 Å². The number of urea groups is 1. The number of imide groups is 2. The van der Waals surface area contributed by atoms with E-state index in [0.29, 0.717) is 5.56 Å². The van der Waals surface area contributed by atoms with E-state index < -0.39 is 23.7 Å². The van der Waals surface area contributed by atoms with Crippen molar-refractivity contribution in [1.82, 2.24) is 10.2 Å². The second-order valence-corrected chi connectivity index (χ2v) is 4.07. The van der Waals surface area contributed by atoms with Gasteiger partial charge in [-0.15, -0.1) is 6.58 Å². The number of barbiturate groups is 1. The van der Waals surface area contributed by atoms with Gasteiger partial charge in [0.05, 0.1) is 0 Å². The summed E-state index contributed by atoms with van der Waals surface area (Å²) in [6, 6.07) is 4.50. The highest BCUT2D eigenvalue weighted by Gasteiger charge is 2.34. The Hall–Kier alpha value is -2.76. The number of nitrogens with zero attached hydrogens (tertiary/aromatic N) is 1. The summed E-state index contributed by atoms with van der Waals surface area (Å²) in [5, 5.41) is 2.06. The van der Waals surface area contributed by atoms with Crippen molar-refractivity contribution in [2.24, 2.45) is 0 Å². The molecule has 2 rings (SSSR count). The summed E-state index contributed by atoms with van der Waals surface area (Å²) >= 11 is 0. The Morgan fingerprint density at radius 3 is 2.45 bits per heavy atom. The van der Waals surface area contributed by atoms with Crippen LogP contribution >= 0.6 is 0 Å². The van der Waals surface area contributed by atoms with E-state index in [4.69, 9.17) is 0 Å². The molecule has 0 bridgehead atoms. The molecule has 4 amide bonds. The topological polar surface area (TPSA) is 66.5 Å². The Labute approximate surface area is 114 Å².